The Morgan fingerprint density at radius 2 is 2.27 bits per heavy atom. The fraction of sp³-hybridized carbons (Fsp3) is 0.300. The van der Waals surface area contributed by atoms with Gasteiger partial charge in [0.1, 0.15) is 12.1 Å². The van der Waals surface area contributed by atoms with Crippen LogP contribution < -0.4 is 5.32 Å². The Kier molecular flexibility index (Phi) is 2.62. The smallest absolute Gasteiger partial charge is 0.158 e. The average molecular weight is 203 g/mol. The SMILES string of the molecule is CCNc1cc(-n2cc(C)cn2)ncn1. The molecule has 0 saturated carbocycles. The van der Waals surface area contributed by atoms with E-state index in [4.69, 9.17) is 0 Å². The maximum atomic E-state index is 4.19. The van der Waals surface area contributed by atoms with Crippen molar-refractivity contribution in [2.75, 3.05) is 11.9 Å². The fourth-order valence-electron chi connectivity index (χ4n) is 1.29. The Morgan fingerprint density at radius 1 is 1.40 bits per heavy atom. The highest BCUT2D eigenvalue weighted by molar-refractivity contribution is 5.39. The van der Waals surface area contributed by atoms with Crippen LogP contribution in [0.5, 0.6) is 0 Å². The summed E-state index contributed by atoms with van der Waals surface area (Å²) >= 11 is 0. The Balaban J connectivity index is 2.32. The molecule has 0 spiro atoms. The standard InChI is InChI=1S/C10H13N5/c1-3-11-9-4-10(13-7-12-9)15-6-8(2)5-14-15/h4-7H,3H2,1-2H3,(H,11,12,13). The number of aryl methyl sites for hydroxylation is 1. The Bertz CT molecular complexity index is 449. The first kappa shape index (κ1) is 9.64. The molecule has 2 heterocycles. The topological polar surface area (TPSA) is 55.6 Å². The molecule has 0 aromatic carbocycles. The highest BCUT2D eigenvalue weighted by atomic mass is 15.3. The minimum atomic E-state index is 0.772. The number of hydrogen-bond donors (Lipinski definition) is 1. The number of nitrogens with one attached hydrogen (secondary N) is 1. The highest BCUT2D eigenvalue weighted by Crippen LogP contribution is 2.08. The molecule has 0 aliphatic heterocycles. The number of aromatic nitrogens is 4. The molecule has 0 saturated heterocycles. The molecule has 0 aliphatic rings. The van der Waals surface area contributed by atoms with E-state index in [-0.39, 0.29) is 0 Å². The summed E-state index contributed by atoms with van der Waals surface area (Å²) in [6, 6.07) is 1.87. The third-order valence-electron chi connectivity index (χ3n) is 1.96. The van der Waals surface area contributed by atoms with Gasteiger partial charge in [0.25, 0.3) is 0 Å². The summed E-state index contributed by atoms with van der Waals surface area (Å²) in [6.07, 6.45) is 5.26. The molecular formula is C10H13N5. The summed E-state index contributed by atoms with van der Waals surface area (Å²) in [5.74, 6) is 1.59. The van der Waals surface area contributed by atoms with E-state index in [1.54, 1.807) is 10.9 Å². The van der Waals surface area contributed by atoms with Crippen molar-refractivity contribution in [3.05, 3.63) is 30.4 Å². The molecule has 0 unspecified atom stereocenters. The molecule has 2 aromatic rings. The summed E-state index contributed by atoms with van der Waals surface area (Å²) in [5.41, 5.74) is 1.11. The van der Waals surface area contributed by atoms with Gasteiger partial charge < -0.3 is 5.32 Å². The van der Waals surface area contributed by atoms with Gasteiger partial charge in [-0.3, -0.25) is 0 Å². The zero-order valence-electron chi connectivity index (χ0n) is 8.81. The third kappa shape index (κ3) is 2.12. The summed E-state index contributed by atoms with van der Waals surface area (Å²) in [6.45, 7) is 4.87. The second kappa shape index (κ2) is 4.08. The van der Waals surface area contributed by atoms with Crippen LogP contribution in [0.3, 0.4) is 0 Å². The van der Waals surface area contributed by atoms with Gasteiger partial charge in [-0.05, 0) is 19.4 Å². The maximum Gasteiger partial charge on any atom is 0.158 e. The molecule has 0 amide bonds. The van der Waals surface area contributed by atoms with Crippen molar-refractivity contribution in [3.63, 3.8) is 0 Å². The fourth-order valence-corrected chi connectivity index (χ4v) is 1.29. The molecular weight excluding hydrogens is 190 g/mol. The molecule has 1 N–H and O–H groups in total. The summed E-state index contributed by atoms with van der Waals surface area (Å²) < 4.78 is 1.73. The highest BCUT2D eigenvalue weighted by Gasteiger charge is 2.01. The van der Waals surface area contributed by atoms with Crippen LogP contribution >= 0.6 is 0 Å². The first-order valence-electron chi connectivity index (χ1n) is 4.87. The van der Waals surface area contributed by atoms with Crippen LogP contribution in [-0.4, -0.2) is 26.3 Å². The lowest BCUT2D eigenvalue weighted by molar-refractivity contribution is 0.839. The van der Waals surface area contributed by atoms with Crippen LogP contribution in [-0.2, 0) is 0 Å². The summed E-state index contributed by atoms with van der Waals surface area (Å²) in [5, 5.41) is 7.32. The van der Waals surface area contributed by atoms with E-state index in [1.165, 1.54) is 6.33 Å². The third-order valence-corrected chi connectivity index (χ3v) is 1.96. The van der Waals surface area contributed by atoms with E-state index in [0.29, 0.717) is 0 Å². The lowest BCUT2D eigenvalue weighted by Crippen LogP contribution is -2.03. The Hall–Kier alpha value is -1.91. The minimum Gasteiger partial charge on any atom is -0.370 e. The van der Waals surface area contributed by atoms with Gasteiger partial charge >= 0.3 is 0 Å². The minimum absolute atomic E-state index is 0.772. The summed E-state index contributed by atoms with van der Waals surface area (Å²) in [4.78, 5) is 8.25. The summed E-state index contributed by atoms with van der Waals surface area (Å²) in [7, 11) is 0. The van der Waals surface area contributed by atoms with Gasteiger partial charge in [0.2, 0.25) is 0 Å². The molecule has 5 heteroatoms. The quantitative estimate of drug-likeness (QED) is 0.819. The molecule has 5 nitrogen and oxygen atoms in total. The van der Waals surface area contributed by atoms with E-state index in [2.05, 4.69) is 20.4 Å². The maximum absolute atomic E-state index is 4.19. The van der Waals surface area contributed by atoms with Crippen molar-refractivity contribution in [1.29, 1.82) is 0 Å². The normalized spacial score (nSPS) is 10.3. The first-order valence-corrected chi connectivity index (χ1v) is 4.87. The zero-order chi connectivity index (χ0) is 10.7. The van der Waals surface area contributed by atoms with Crippen LogP contribution in [0.1, 0.15) is 12.5 Å². The van der Waals surface area contributed by atoms with Crippen molar-refractivity contribution < 1.29 is 0 Å². The van der Waals surface area contributed by atoms with Crippen molar-refractivity contribution in [2.24, 2.45) is 0 Å². The van der Waals surface area contributed by atoms with E-state index in [0.717, 1.165) is 23.7 Å². The Morgan fingerprint density at radius 3 is 2.93 bits per heavy atom. The van der Waals surface area contributed by atoms with Crippen LogP contribution in [0.15, 0.2) is 24.8 Å². The predicted octanol–water partition coefficient (Wildman–Crippen LogP) is 1.40. The number of hydrogen-bond acceptors (Lipinski definition) is 4. The van der Waals surface area contributed by atoms with E-state index in [9.17, 15) is 0 Å². The van der Waals surface area contributed by atoms with Gasteiger partial charge in [-0.1, -0.05) is 0 Å². The predicted molar refractivity (Wildman–Crippen MR) is 58.1 cm³/mol. The number of rotatable bonds is 3. The van der Waals surface area contributed by atoms with Gasteiger partial charge in [0.05, 0.1) is 6.20 Å². The average Bonchev–Trinajstić information content (AvgIpc) is 2.66. The van der Waals surface area contributed by atoms with Gasteiger partial charge in [-0.2, -0.15) is 5.10 Å². The lowest BCUT2D eigenvalue weighted by atomic mass is 10.4. The molecule has 0 bridgehead atoms. The van der Waals surface area contributed by atoms with Crippen molar-refractivity contribution >= 4 is 5.82 Å². The van der Waals surface area contributed by atoms with E-state index < -0.39 is 0 Å². The van der Waals surface area contributed by atoms with Crippen LogP contribution in [0.25, 0.3) is 5.82 Å². The number of nitrogens with zero attached hydrogens (tertiary/aromatic N) is 4. The largest absolute Gasteiger partial charge is 0.370 e. The van der Waals surface area contributed by atoms with Gasteiger partial charge in [0, 0.05) is 18.8 Å². The molecule has 0 aliphatic carbocycles. The van der Waals surface area contributed by atoms with E-state index in [1.807, 2.05) is 26.1 Å². The molecule has 78 valence electrons. The zero-order valence-corrected chi connectivity index (χ0v) is 8.81. The van der Waals surface area contributed by atoms with Crippen molar-refractivity contribution in [2.45, 2.75) is 13.8 Å². The second-order valence-electron chi connectivity index (χ2n) is 3.25. The monoisotopic (exact) mass is 203 g/mol. The molecule has 0 radical (unpaired) electrons. The molecule has 2 aromatic heterocycles. The van der Waals surface area contributed by atoms with Crippen molar-refractivity contribution in [3.8, 4) is 5.82 Å². The molecule has 2 rings (SSSR count). The molecule has 0 atom stereocenters. The Labute approximate surface area is 88.2 Å². The second-order valence-corrected chi connectivity index (χ2v) is 3.25. The number of anilines is 1. The van der Waals surface area contributed by atoms with Gasteiger partial charge in [0.15, 0.2) is 5.82 Å². The van der Waals surface area contributed by atoms with Gasteiger partial charge in [-0.25, -0.2) is 14.6 Å². The first-order chi connectivity index (χ1) is 7.29. The lowest BCUT2D eigenvalue weighted by Gasteiger charge is -2.03. The van der Waals surface area contributed by atoms with Crippen molar-refractivity contribution in [1.82, 2.24) is 19.7 Å². The molecule has 0 fully saturated rings. The van der Waals surface area contributed by atoms with E-state index >= 15 is 0 Å². The van der Waals surface area contributed by atoms with Crippen LogP contribution in [0.4, 0.5) is 5.82 Å². The molecule has 15 heavy (non-hydrogen) atoms. The van der Waals surface area contributed by atoms with Crippen LogP contribution in [0, 0.1) is 6.92 Å². The van der Waals surface area contributed by atoms with Gasteiger partial charge in [-0.15, -0.1) is 0 Å². The van der Waals surface area contributed by atoms with Crippen LogP contribution in [0.2, 0.25) is 0 Å².